The van der Waals surface area contributed by atoms with E-state index in [1.54, 1.807) is 11.8 Å². The van der Waals surface area contributed by atoms with E-state index in [4.69, 9.17) is 11.5 Å². The van der Waals surface area contributed by atoms with Crippen LogP contribution < -0.4 is 16.4 Å². The van der Waals surface area contributed by atoms with Gasteiger partial charge in [0.2, 0.25) is 11.8 Å². The first-order valence-electron chi connectivity index (χ1n) is 5.06. The van der Waals surface area contributed by atoms with Crippen molar-refractivity contribution in [3.8, 4) is 0 Å². The lowest BCUT2D eigenvalue weighted by atomic mass is 10.1. The summed E-state index contributed by atoms with van der Waals surface area (Å²) in [7, 11) is -4.02. The maximum Gasteiger partial charge on any atom is 0.262 e. The van der Waals surface area contributed by atoms with Gasteiger partial charge in [-0.15, -0.1) is 0 Å². The summed E-state index contributed by atoms with van der Waals surface area (Å²) in [6.45, 7) is 1.02. The first-order chi connectivity index (χ1) is 8.74. The van der Waals surface area contributed by atoms with Gasteiger partial charge in [0.05, 0.1) is 4.90 Å². The van der Waals surface area contributed by atoms with Gasteiger partial charge in [0, 0.05) is 5.56 Å². The second kappa shape index (κ2) is 5.78. The van der Waals surface area contributed by atoms with E-state index in [1.165, 1.54) is 12.1 Å². The van der Waals surface area contributed by atoms with Crippen molar-refractivity contribution in [3.05, 3.63) is 29.3 Å². The van der Waals surface area contributed by atoms with E-state index in [0.717, 1.165) is 6.07 Å². The minimum atomic E-state index is -4.02. The molecule has 0 aliphatic carbocycles. The van der Waals surface area contributed by atoms with Crippen molar-refractivity contribution in [1.29, 1.82) is 0 Å². The predicted molar refractivity (Wildman–Crippen MR) is 65.2 cm³/mol. The summed E-state index contributed by atoms with van der Waals surface area (Å²) in [6, 6.07) is 3.83. The molecular formula is C10H13N3O5S. The van der Waals surface area contributed by atoms with Crippen LogP contribution in [0.1, 0.15) is 15.9 Å². The molecule has 0 bridgehead atoms. The first kappa shape index (κ1) is 15.1. The van der Waals surface area contributed by atoms with Crippen molar-refractivity contribution in [2.24, 2.45) is 11.5 Å². The molecule has 9 heteroatoms. The van der Waals surface area contributed by atoms with E-state index in [0.29, 0.717) is 5.56 Å². The lowest BCUT2D eigenvalue weighted by Gasteiger charge is -2.08. The average Bonchev–Trinajstić information content (AvgIpc) is 2.27. The van der Waals surface area contributed by atoms with E-state index >= 15 is 0 Å². The SMILES string of the molecule is Cc1ccc(S(=O)(=O)NOCC(N)=O)cc1C(N)=O. The van der Waals surface area contributed by atoms with Gasteiger partial charge in [-0.2, -0.15) is 0 Å². The van der Waals surface area contributed by atoms with Crippen molar-refractivity contribution >= 4 is 21.8 Å². The third-order valence-corrected chi connectivity index (χ3v) is 3.38. The maximum absolute atomic E-state index is 11.8. The number of rotatable bonds is 6. The molecule has 1 rings (SSSR count). The van der Waals surface area contributed by atoms with Gasteiger partial charge in [-0.05, 0) is 24.6 Å². The third kappa shape index (κ3) is 4.02. The zero-order valence-corrected chi connectivity index (χ0v) is 10.9. The predicted octanol–water partition coefficient (Wildman–Crippen LogP) is -1.21. The number of aryl methyl sites for hydroxylation is 1. The molecule has 0 unspecified atom stereocenters. The fourth-order valence-corrected chi connectivity index (χ4v) is 2.09. The summed E-state index contributed by atoms with van der Waals surface area (Å²) < 4.78 is 23.5. The summed E-state index contributed by atoms with van der Waals surface area (Å²) in [5.74, 6) is -1.57. The van der Waals surface area contributed by atoms with Crippen molar-refractivity contribution in [2.45, 2.75) is 11.8 Å². The highest BCUT2D eigenvalue weighted by Gasteiger charge is 2.17. The number of primary amides is 2. The third-order valence-electron chi connectivity index (χ3n) is 2.17. The van der Waals surface area contributed by atoms with Crippen LogP contribution in [-0.2, 0) is 19.7 Å². The minimum absolute atomic E-state index is 0.0813. The number of amides is 2. The smallest absolute Gasteiger partial charge is 0.262 e. The van der Waals surface area contributed by atoms with Crippen LogP contribution >= 0.6 is 0 Å². The molecule has 0 spiro atoms. The van der Waals surface area contributed by atoms with Crippen molar-refractivity contribution in [2.75, 3.05) is 6.61 Å². The Balaban J connectivity index is 2.99. The Morgan fingerprint density at radius 1 is 1.32 bits per heavy atom. The van der Waals surface area contributed by atoms with Crippen LogP contribution in [0.25, 0.3) is 0 Å². The number of carbonyl (C=O) groups excluding carboxylic acids is 2. The maximum atomic E-state index is 11.8. The fraction of sp³-hybridized carbons (Fsp3) is 0.200. The summed E-state index contributed by atoms with van der Waals surface area (Å²) in [5, 5.41) is 0. The second-order valence-corrected chi connectivity index (χ2v) is 5.33. The summed E-state index contributed by atoms with van der Waals surface area (Å²) in [6.07, 6.45) is 0. The van der Waals surface area contributed by atoms with E-state index < -0.39 is 28.4 Å². The molecule has 1 aromatic carbocycles. The molecule has 104 valence electrons. The summed E-state index contributed by atoms with van der Waals surface area (Å²) >= 11 is 0. The van der Waals surface area contributed by atoms with E-state index in [2.05, 4.69) is 4.84 Å². The molecule has 0 fully saturated rings. The lowest BCUT2D eigenvalue weighted by Crippen LogP contribution is -2.29. The molecule has 19 heavy (non-hydrogen) atoms. The monoisotopic (exact) mass is 287 g/mol. The Morgan fingerprint density at radius 3 is 2.47 bits per heavy atom. The molecule has 0 aromatic heterocycles. The van der Waals surface area contributed by atoms with Crippen LogP contribution in [0.15, 0.2) is 23.1 Å². The molecular weight excluding hydrogens is 274 g/mol. The van der Waals surface area contributed by atoms with Gasteiger partial charge in [-0.3, -0.25) is 14.4 Å². The van der Waals surface area contributed by atoms with Crippen LogP contribution in [0, 0.1) is 6.92 Å². The van der Waals surface area contributed by atoms with Crippen molar-refractivity contribution in [1.82, 2.24) is 4.89 Å². The Labute approximate surface area is 109 Å². The number of benzene rings is 1. The topological polar surface area (TPSA) is 142 Å². The van der Waals surface area contributed by atoms with Crippen LogP contribution in [0.4, 0.5) is 0 Å². The number of hydrogen-bond acceptors (Lipinski definition) is 5. The van der Waals surface area contributed by atoms with Gasteiger partial charge in [0.15, 0.2) is 0 Å². The largest absolute Gasteiger partial charge is 0.368 e. The summed E-state index contributed by atoms with van der Waals surface area (Å²) in [5.41, 5.74) is 10.5. The van der Waals surface area contributed by atoms with Crippen molar-refractivity contribution < 1.29 is 22.8 Å². The van der Waals surface area contributed by atoms with Crippen LogP contribution in [-0.4, -0.2) is 26.8 Å². The van der Waals surface area contributed by atoms with Gasteiger partial charge < -0.3 is 11.5 Å². The second-order valence-electron chi connectivity index (χ2n) is 3.68. The minimum Gasteiger partial charge on any atom is -0.368 e. The molecule has 0 saturated carbocycles. The molecule has 0 heterocycles. The summed E-state index contributed by atoms with van der Waals surface area (Å²) in [4.78, 5) is 27.4. The van der Waals surface area contributed by atoms with E-state index in [9.17, 15) is 18.0 Å². The number of nitrogens with two attached hydrogens (primary N) is 2. The number of sulfonamides is 1. The lowest BCUT2D eigenvalue weighted by molar-refractivity contribution is -0.123. The van der Waals surface area contributed by atoms with Crippen LogP contribution in [0.5, 0.6) is 0 Å². The molecule has 0 aliphatic rings. The van der Waals surface area contributed by atoms with E-state index in [1.807, 2.05) is 0 Å². The number of nitrogens with one attached hydrogen (secondary N) is 1. The highest BCUT2D eigenvalue weighted by atomic mass is 32.2. The molecule has 0 saturated heterocycles. The van der Waals surface area contributed by atoms with Gasteiger partial charge >= 0.3 is 0 Å². The molecule has 1 aromatic rings. The molecule has 0 aliphatic heterocycles. The highest BCUT2D eigenvalue weighted by Crippen LogP contribution is 2.15. The Morgan fingerprint density at radius 2 is 1.95 bits per heavy atom. The molecule has 2 amide bonds. The van der Waals surface area contributed by atoms with Gasteiger partial charge in [0.1, 0.15) is 6.61 Å². The standard InChI is InChI=1S/C10H13N3O5S/c1-6-2-3-7(4-8(6)10(12)15)19(16,17)13-18-5-9(11)14/h2-4,13H,5H2,1H3,(H2,11,14)(H2,12,15). The van der Waals surface area contributed by atoms with E-state index in [-0.39, 0.29) is 10.5 Å². The van der Waals surface area contributed by atoms with Crippen LogP contribution in [0.2, 0.25) is 0 Å². The quantitative estimate of drug-likeness (QED) is 0.563. The molecule has 8 nitrogen and oxygen atoms in total. The zero-order valence-electron chi connectivity index (χ0n) is 10.0. The normalized spacial score (nSPS) is 11.2. The van der Waals surface area contributed by atoms with Crippen molar-refractivity contribution in [3.63, 3.8) is 0 Å². The Kier molecular flexibility index (Phi) is 4.59. The molecule has 0 radical (unpaired) electrons. The van der Waals surface area contributed by atoms with Gasteiger partial charge in [-0.25, -0.2) is 8.42 Å². The van der Waals surface area contributed by atoms with Crippen LogP contribution in [0.3, 0.4) is 0 Å². The first-order valence-corrected chi connectivity index (χ1v) is 6.54. The highest BCUT2D eigenvalue weighted by molar-refractivity contribution is 7.89. The average molecular weight is 287 g/mol. The zero-order chi connectivity index (χ0) is 14.6. The fourth-order valence-electron chi connectivity index (χ4n) is 1.26. The van der Waals surface area contributed by atoms with Gasteiger partial charge in [0.25, 0.3) is 10.0 Å². The number of hydrogen-bond donors (Lipinski definition) is 3. The van der Waals surface area contributed by atoms with Gasteiger partial charge in [-0.1, -0.05) is 11.0 Å². The Bertz CT molecular complexity index is 612. The molecule has 0 atom stereocenters. The Hall–Kier alpha value is -1.97. The number of carbonyl (C=O) groups is 2. The molecule has 5 N–H and O–H groups in total.